The first-order valence-corrected chi connectivity index (χ1v) is 14.4. The molecule has 0 fully saturated rings. The van der Waals surface area contributed by atoms with Gasteiger partial charge in [0.15, 0.2) is 0 Å². The summed E-state index contributed by atoms with van der Waals surface area (Å²) in [6.45, 7) is 0. The van der Waals surface area contributed by atoms with E-state index in [1.54, 1.807) is 0 Å². The SMILES string of the molecule is C1=Cc2c(c3oc4cc(-c5c6ccccc6c(-c6ccccc6)c6ccccc56)ccc4c3c3ccccc23)CC1. The van der Waals surface area contributed by atoms with Crippen molar-refractivity contribution in [2.45, 2.75) is 12.8 Å². The molecule has 9 rings (SSSR count). The molecule has 0 saturated carbocycles. The lowest BCUT2D eigenvalue weighted by atomic mass is 9.85. The highest BCUT2D eigenvalue weighted by Crippen LogP contribution is 2.46. The van der Waals surface area contributed by atoms with Gasteiger partial charge in [-0.05, 0) is 85.1 Å². The van der Waals surface area contributed by atoms with Crippen LogP contribution in [0.4, 0.5) is 0 Å². The Labute approximate surface area is 238 Å². The average Bonchev–Trinajstić information content (AvgIpc) is 3.43. The summed E-state index contributed by atoms with van der Waals surface area (Å²) in [5, 5.41) is 10.1. The maximum absolute atomic E-state index is 6.80. The molecule has 7 aromatic carbocycles. The van der Waals surface area contributed by atoms with Gasteiger partial charge in [0, 0.05) is 16.3 Å². The lowest BCUT2D eigenvalue weighted by Crippen LogP contribution is -1.96. The largest absolute Gasteiger partial charge is 0.456 e. The van der Waals surface area contributed by atoms with Crippen LogP contribution >= 0.6 is 0 Å². The van der Waals surface area contributed by atoms with E-state index in [0.29, 0.717) is 0 Å². The van der Waals surface area contributed by atoms with Gasteiger partial charge in [0.05, 0.1) is 0 Å². The van der Waals surface area contributed by atoms with Gasteiger partial charge in [-0.25, -0.2) is 0 Å². The van der Waals surface area contributed by atoms with E-state index in [1.165, 1.54) is 76.5 Å². The molecule has 0 spiro atoms. The Morgan fingerprint density at radius 1 is 0.488 bits per heavy atom. The zero-order valence-corrected chi connectivity index (χ0v) is 22.5. The molecule has 0 saturated heterocycles. The molecule has 41 heavy (non-hydrogen) atoms. The van der Waals surface area contributed by atoms with Crippen molar-refractivity contribution in [2.24, 2.45) is 0 Å². The van der Waals surface area contributed by atoms with Crippen molar-refractivity contribution >= 4 is 60.3 Å². The third-order valence-electron chi connectivity index (χ3n) is 8.90. The summed E-state index contributed by atoms with van der Waals surface area (Å²) in [4.78, 5) is 0. The monoisotopic (exact) mass is 522 g/mol. The Bertz CT molecular complexity index is 2290. The van der Waals surface area contributed by atoms with Crippen LogP contribution in [-0.4, -0.2) is 0 Å². The fourth-order valence-corrected chi connectivity index (χ4v) is 7.18. The van der Waals surface area contributed by atoms with E-state index in [0.717, 1.165) is 24.0 Å². The molecule has 0 atom stereocenters. The van der Waals surface area contributed by atoms with E-state index in [-0.39, 0.29) is 0 Å². The molecule has 0 N–H and O–H groups in total. The van der Waals surface area contributed by atoms with Crippen LogP contribution in [-0.2, 0) is 6.42 Å². The molecule has 192 valence electrons. The zero-order chi connectivity index (χ0) is 26.9. The summed E-state index contributed by atoms with van der Waals surface area (Å²) in [7, 11) is 0. The lowest BCUT2D eigenvalue weighted by Gasteiger charge is -2.17. The Hall–Kier alpha value is -5.14. The fraction of sp³-hybridized carbons (Fsp3) is 0.0500. The van der Waals surface area contributed by atoms with Gasteiger partial charge in [0.1, 0.15) is 11.2 Å². The summed E-state index contributed by atoms with van der Waals surface area (Å²) < 4.78 is 6.80. The molecule has 1 aliphatic rings. The Kier molecular flexibility index (Phi) is 4.80. The molecule has 1 heterocycles. The number of fused-ring (bicyclic) bond motifs is 10. The van der Waals surface area contributed by atoms with Crippen LogP contribution in [0.1, 0.15) is 17.5 Å². The Morgan fingerprint density at radius 2 is 1.07 bits per heavy atom. The van der Waals surface area contributed by atoms with Crippen molar-refractivity contribution in [3.05, 3.63) is 139 Å². The average molecular weight is 523 g/mol. The van der Waals surface area contributed by atoms with Crippen molar-refractivity contribution in [3.63, 3.8) is 0 Å². The van der Waals surface area contributed by atoms with Gasteiger partial charge in [0.2, 0.25) is 0 Å². The van der Waals surface area contributed by atoms with Crippen LogP contribution in [0.3, 0.4) is 0 Å². The predicted octanol–water partition coefficient (Wildman–Crippen LogP) is 11.3. The summed E-state index contributed by atoms with van der Waals surface area (Å²) >= 11 is 0. The maximum atomic E-state index is 6.80. The smallest absolute Gasteiger partial charge is 0.139 e. The van der Waals surface area contributed by atoms with Crippen molar-refractivity contribution in [1.82, 2.24) is 0 Å². The number of furan rings is 1. The van der Waals surface area contributed by atoms with E-state index in [2.05, 4.69) is 133 Å². The second-order valence-electron chi connectivity index (χ2n) is 11.1. The topological polar surface area (TPSA) is 13.1 Å². The Balaban J connectivity index is 1.38. The van der Waals surface area contributed by atoms with Gasteiger partial charge >= 0.3 is 0 Å². The standard InChI is InChI=1S/C40H26O/c1-2-12-25(13-3-1)37-30-17-7-9-19-32(30)38(33-20-10-8-18-31(33)37)26-22-23-35-36(24-26)41-40-34-21-11-5-15-28(34)27-14-4-6-16-29(27)39(35)40/h1-10,12-20,22-24H,11,21H2. The van der Waals surface area contributed by atoms with E-state index in [9.17, 15) is 0 Å². The highest BCUT2D eigenvalue weighted by atomic mass is 16.3. The zero-order valence-electron chi connectivity index (χ0n) is 22.5. The molecule has 1 nitrogen and oxygen atoms in total. The number of aryl methyl sites for hydroxylation is 1. The van der Waals surface area contributed by atoms with Crippen LogP contribution < -0.4 is 0 Å². The third-order valence-corrected chi connectivity index (χ3v) is 8.90. The third kappa shape index (κ3) is 3.24. The van der Waals surface area contributed by atoms with Crippen molar-refractivity contribution < 1.29 is 4.42 Å². The van der Waals surface area contributed by atoms with Gasteiger partial charge in [0.25, 0.3) is 0 Å². The molecule has 1 aromatic heterocycles. The minimum atomic E-state index is 0.950. The van der Waals surface area contributed by atoms with Crippen LogP contribution in [0.15, 0.2) is 132 Å². The van der Waals surface area contributed by atoms with E-state index >= 15 is 0 Å². The van der Waals surface area contributed by atoms with Crippen molar-refractivity contribution in [1.29, 1.82) is 0 Å². The molecule has 1 aliphatic carbocycles. The summed E-state index contributed by atoms with van der Waals surface area (Å²) in [5.41, 5.74) is 9.61. The molecule has 0 radical (unpaired) electrons. The first-order chi connectivity index (χ1) is 20.4. The van der Waals surface area contributed by atoms with Crippen LogP contribution in [0.2, 0.25) is 0 Å². The molecule has 0 unspecified atom stereocenters. The first-order valence-electron chi connectivity index (χ1n) is 14.4. The minimum absolute atomic E-state index is 0.950. The number of benzene rings is 7. The van der Waals surface area contributed by atoms with Gasteiger partial charge in [-0.3, -0.25) is 0 Å². The number of hydrogen-bond acceptors (Lipinski definition) is 1. The molecular weight excluding hydrogens is 496 g/mol. The molecule has 8 aromatic rings. The highest BCUT2D eigenvalue weighted by Gasteiger charge is 2.21. The van der Waals surface area contributed by atoms with Crippen molar-refractivity contribution in [3.8, 4) is 22.3 Å². The van der Waals surface area contributed by atoms with Crippen LogP contribution in [0.5, 0.6) is 0 Å². The first kappa shape index (κ1) is 22.7. The molecule has 0 aliphatic heterocycles. The lowest BCUT2D eigenvalue weighted by molar-refractivity contribution is 0.662. The maximum Gasteiger partial charge on any atom is 0.139 e. The quantitative estimate of drug-likeness (QED) is 0.206. The highest BCUT2D eigenvalue weighted by molar-refractivity contribution is 6.24. The number of hydrogen-bond donors (Lipinski definition) is 0. The molecule has 0 bridgehead atoms. The van der Waals surface area contributed by atoms with Gasteiger partial charge < -0.3 is 4.42 Å². The summed E-state index contributed by atoms with van der Waals surface area (Å²) in [6, 6.07) is 44.1. The summed E-state index contributed by atoms with van der Waals surface area (Å²) in [6.07, 6.45) is 6.63. The second-order valence-corrected chi connectivity index (χ2v) is 11.1. The van der Waals surface area contributed by atoms with Gasteiger partial charge in [-0.1, -0.05) is 121 Å². The van der Waals surface area contributed by atoms with Gasteiger partial charge in [-0.15, -0.1) is 0 Å². The minimum Gasteiger partial charge on any atom is -0.456 e. The Morgan fingerprint density at radius 3 is 1.76 bits per heavy atom. The second kappa shape index (κ2) is 8.68. The van der Waals surface area contributed by atoms with Crippen LogP contribution in [0.25, 0.3) is 82.6 Å². The molecular formula is C40H26O. The molecule has 0 amide bonds. The van der Waals surface area contributed by atoms with Gasteiger partial charge in [-0.2, -0.15) is 0 Å². The molecule has 1 heteroatoms. The van der Waals surface area contributed by atoms with E-state index < -0.39 is 0 Å². The summed E-state index contributed by atoms with van der Waals surface area (Å²) in [5.74, 6) is 0. The predicted molar refractivity (Wildman–Crippen MR) is 174 cm³/mol. The van der Waals surface area contributed by atoms with E-state index in [1.807, 2.05) is 0 Å². The normalized spacial score (nSPS) is 13.1. The number of rotatable bonds is 2. The van der Waals surface area contributed by atoms with Crippen LogP contribution in [0, 0.1) is 0 Å². The van der Waals surface area contributed by atoms with Crippen molar-refractivity contribution in [2.75, 3.05) is 0 Å². The van der Waals surface area contributed by atoms with E-state index in [4.69, 9.17) is 4.42 Å². The fourth-order valence-electron chi connectivity index (χ4n) is 7.18. The number of allylic oxidation sites excluding steroid dienone is 1.